The van der Waals surface area contributed by atoms with Crippen LogP contribution >= 0.6 is 0 Å². The molecule has 0 saturated carbocycles. The maximum atomic E-state index is 11.5. The maximum absolute atomic E-state index is 11.5. The molecule has 4 rings (SSSR count). The number of rotatable bonds is 6. The van der Waals surface area contributed by atoms with Gasteiger partial charge >= 0.3 is 23.9 Å². The van der Waals surface area contributed by atoms with Gasteiger partial charge in [-0.25, -0.2) is 19.2 Å². The minimum atomic E-state index is -1.80. The highest BCUT2D eigenvalue weighted by Gasteiger charge is 2.29. The van der Waals surface area contributed by atoms with Crippen LogP contribution in [0.25, 0.3) is 22.3 Å². The zero-order chi connectivity index (χ0) is 27.1. The number of carbonyl (C=O) groups is 4. The van der Waals surface area contributed by atoms with Gasteiger partial charge in [-0.2, -0.15) is 0 Å². The van der Waals surface area contributed by atoms with Gasteiger partial charge in [-0.15, -0.1) is 0 Å². The van der Waals surface area contributed by atoms with Crippen LogP contribution in [-0.4, -0.2) is 49.4 Å². The number of carboxylic acids is 4. The summed E-state index contributed by atoms with van der Waals surface area (Å²) < 4.78 is 0. The quantitative estimate of drug-likeness (QED) is 0.239. The van der Waals surface area contributed by atoms with E-state index in [0.717, 1.165) is 18.2 Å². The largest absolute Gasteiger partial charge is 0.506 e. The van der Waals surface area contributed by atoms with Crippen LogP contribution in [0.4, 0.5) is 0 Å². The van der Waals surface area contributed by atoms with Crippen LogP contribution in [0.3, 0.4) is 0 Å². The van der Waals surface area contributed by atoms with Gasteiger partial charge in [0, 0.05) is 5.56 Å². The van der Waals surface area contributed by atoms with Crippen molar-refractivity contribution in [1.82, 2.24) is 0 Å². The number of aromatic hydroxyl groups is 1. The van der Waals surface area contributed by atoms with E-state index in [1.807, 2.05) is 12.1 Å². The summed E-state index contributed by atoms with van der Waals surface area (Å²) in [5.41, 5.74) is -0.350. The Morgan fingerprint density at radius 3 is 1.32 bits per heavy atom. The van der Waals surface area contributed by atoms with Crippen molar-refractivity contribution >= 4 is 23.9 Å². The number of benzene rings is 4. The van der Waals surface area contributed by atoms with Gasteiger partial charge in [0.15, 0.2) is 0 Å². The van der Waals surface area contributed by atoms with Crippen molar-refractivity contribution in [3.8, 4) is 28.0 Å². The highest BCUT2D eigenvalue weighted by atomic mass is 16.4. The molecule has 0 heterocycles. The number of phenols is 1. The Hall–Kier alpha value is -5.44. The molecular weight excluding hydrogens is 480 g/mol. The predicted molar refractivity (Wildman–Crippen MR) is 133 cm³/mol. The van der Waals surface area contributed by atoms with E-state index in [-0.39, 0.29) is 16.7 Å². The second-order valence-corrected chi connectivity index (χ2v) is 7.60. The zero-order valence-corrected chi connectivity index (χ0v) is 19.0. The standard InChI is InChI=1S/C16H10O9.C12H10/c17-12-10(15(22)23)8(5-9(14(20)21)11(12)16(24)25)6-1-3-7(4-2-6)13(18)19;1-3-7-11(8-4-1)12-9-5-2-6-10-12/h1-5,17H,(H,18,19)(H,20,21)(H,22,23)(H,24,25);1-10H. The van der Waals surface area contributed by atoms with Crippen LogP contribution in [-0.2, 0) is 0 Å². The summed E-state index contributed by atoms with van der Waals surface area (Å²) in [6, 6.07) is 26.3. The molecule has 4 aromatic rings. The Balaban J connectivity index is 0.000000262. The van der Waals surface area contributed by atoms with Crippen LogP contribution in [0.15, 0.2) is 91.0 Å². The molecule has 0 aliphatic carbocycles. The summed E-state index contributed by atoms with van der Waals surface area (Å²) in [6.45, 7) is 0. The van der Waals surface area contributed by atoms with Crippen LogP contribution in [0, 0.1) is 0 Å². The summed E-state index contributed by atoms with van der Waals surface area (Å²) in [6.07, 6.45) is 0. The van der Waals surface area contributed by atoms with Crippen LogP contribution in [0.1, 0.15) is 41.4 Å². The minimum Gasteiger partial charge on any atom is -0.506 e. The molecule has 0 atom stereocenters. The summed E-state index contributed by atoms with van der Waals surface area (Å²) in [5.74, 6) is -7.56. The SMILES string of the molecule is O=C(O)c1ccc(-c2cc(C(=O)O)c(C(=O)O)c(O)c2C(=O)O)cc1.c1ccc(-c2ccccc2)cc1. The first kappa shape index (κ1) is 26.2. The van der Waals surface area contributed by atoms with Crippen molar-refractivity contribution in [2.45, 2.75) is 0 Å². The molecule has 0 aliphatic heterocycles. The molecule has 186 valence electrons. The molecule has 5 N–H and O–H groups in total. The van der Waals surface area contributed by atoms with Crippen LogP contribution in [0.2, 0.25) is 0 Å². The highest BCUT2D eigenvalue weighted by Crippen LogP contribution is 2.36. The lowest BCUT2D eigenvalue weighted by Gasteiger charge is -2.13. The molecule has 0 unspecified atom stereocenters. The Kier molecular flexibility index (Phi) is 8.01. The van der Waals surface area contributed by atoms with Gasteiger partial charge in [0.25, 0.3) is 0 Å². The number of hydrogen-bond donors (Lipinski definition) is 5. The lowest BCUT2D eigenvalue weighted by Crippen LogP contribution is -2.13. The van der Waals surface area contributed by atoms with Crippen molar-refractivity contribution in [2.75, 3.05) is 0 Å². The smallest absolute Gasteiger partial charge is 0.340 e. The summed E-state index contributed by atoms with van der Waals surface area (Å²) >= 11 is 0. The van der Waals surface area contributed by atoms with Crippen molar-refractivity contribution in [1.29, 1.82) is 0 Å². The van der Waals surface area contributed by atoms with Crippen molar-refractivity contribution < 1.29 is 44.7 Å². The van der Waals surface area contributed by atoms with Gasteiger partial charge in [-0.3, -0.25) is 0 Å². The average Bonchev–Trinajstić information content (AvgIpc) is 2.89. The van der Waals surface area contributed by atoms with Gasteiger partial charge in [0.1, 0.15) is 16.9 Å². The van der Waals surface area contributed by atoms with E-state index in [2.05, 4.69) is 48.5 Å². The molecule has 0 fully saturated rings. The molecule has 0 aromatic heterocycles. The average molecular weight is 500 g/mol. The molecule has 4 aromatic carbocycles. The predicted octanol–water partition coefficient (Wildman–Crippen LogP) is 5.21. The number of carboxylic acid groups (broad SMARTS) is 4. The molecule has 0 aliphatic rings. The fourth-order valence-corrected chi connectivity index (χ4v) is 3.55. The lowest BCUT2D eigenvalue weighted by molar-refractivity contribution is 0.0645. The highest BCUT2D eigenvalue weighted by molar-refractivity contribution is 6.10. The van der Waals surface area contributed by atoms with Crippen LogP contribution in [0.5, 0.6) is 5.75 Å². The Morgan fingerprint density at radius 2 is 0.946 bits per heavy atom. The van der Waals surface area contributed by atoms with Gasteiger partial charge < -0.3 is 25.5 Å². The molecule has 0 saturated heterocycles. The Bertz CT molecular complexity index is 1420. The van der Waals surface area contributed by atoms with E-state index in [1.165, 1.54) is 23.3 Å². The fourth-order valence-electron chi connectivity index (χ4n) is 3.55. The van der Waals surface area contributed by atoms with E-state index in [0.29, 0.717) is 0 Å². The zero-order valence-electron chi connectivity index (χ0n) is 19.0. The number of hydrogen-bond acceptors (Lipinski definition) is 5. The molecule has 9 nitrogen and oxygen atoms in total. The minimum absolute atomic E-state index is 0.0922. The monoisotopic (exact) mass is 500 g/mol. The first-order valence-corrected chi connectivity index (χ1v) is 10.7. The van der Waals surface area contributed by atoms with Gasteiger partial charge in [-0.1, -0.05) is 72.8 Å². The van der Waals surface area contributed by atoms with Crippen LogP contribution < -0.4 is 0 Å². The van der Waals surface area contributed by atoms with Crippen molar-refractivity contribution in [2.24, 2.45) is 0 Å². The molecule has 37 heavy (non-hydrogen) atoms. The van der Waals surface area contributed by atoms with Crippen molar-refractivity contribution in [3.05, 3.63) is 113 Å². The molecule has 9 heteroatoms. The second kappa shape index (κ2) is 11.3. The van der Waals surface area contributed by atoms with Crippen molar-refractivity contribution in [3.63, 3.8) is 0 Å². The molecular formula is C28H20O9. The van der Waals surface area contributed by atoms with E-state index in [4.69, 9.17) is 15.3 Å². The van der Waals surface area contributed by atoms with E-state index >= 15 is 0 Å². The van der Waals surface area contributed by atoms with Gasteiger partial charge in [-0.05, 0) is 34.9 Å². The molecule has 0 bridgehead atoms. The Morgan fingerprint density at radius 1 is 0.486 bits per heavy atom. The van der Waals surface area contributed by atoms with Gasteiger partial charge in [0.2, 0.25) is 0 Å². The normalized spacial score (nSPS) is 10.1. The van der Waals surface area contributed by atoms with E-state index < -0.39 is 46.3 Å². The van der Waals surface area contributed by atoms with Gasteiger partial charge in [0.05, 0.1) is 11.1 Å². The third kappa shape index (κ3) is 5.98. The third-order valence-corrected chi connectivity index (χ3v) is 5.28. The topological polar surface area (TPSA) is 169 Å². The van der Waals surface area contributed by atoms with E-state index in [1.54, 1.807) is 0 Å². The molecule has 0 spiro atoms. The maximum Gasteiger partial charge on any atom is 0.340 e. The molecule has 0 radical (unpaired) electrons. The summed E-state index contributed by atoms with van der Waals surface area (Å²) in [4.78, 5) is 44.8. The van der Waals surface area contributed by atoms with E-state index in [9.17, 15) is 29.4 Å². The first-order chi connectivity index (χ1) is 17.6. The third-order valence-electron chi connectivity index (χ3n) is 5.28. The summed E-state index contributed by atoms with van der Waals surface area (Å²) in [7, 11) is 0. The summed E-state index contributed by atoms with van der Waals surface area (Å²) in [5, 5.41) is 46.4. The molecule has 0 amide bonds. The fraction of sp³-hybridized carbons (Fsp3) is 0. The lowest BCUT2D eigenvalue weighted by atomic mass is 9.92. The first-order valence-electron chi connectivity index (χ1n) is 10.7. The Labute approximate surface area is 210 Å². The second-order valence-electron chi connectivity index (χ2n) is 7.60. The number of aromatic carboxylic acids is 4.